The maximum atomic E-state index is 12.3. The highest BCUT2D eigenvalue weighted by atomic mass is 35.5. The first kappa shape index (κ1) is 20.0. The van der Waals surface area contributed by atoms with Gasteiger partial charge in [-0.2, -0.15) is 0 Å². The van der Waals surface area contributed by atoms with E-state index in [1.165, 1.54) is 0 Å². The van der Waals surface area contributed by atoms with E-state index >= 15 is 0 Å². The first-order chi connectivity index (χ1) is 10.6. The normalized spacial score (nSPS) is 25.0. The lowest BCUT2D eigenvalue weighted by atomic mass is 9.97. The number of hydrogen-bond donors (Lipinski definition) is 2. The Bertz CT molecular complexity index is 434. The van der Waals surface area contributed by atoms with Crippen molar-refractivity contribution in [3.8, 4) is 0 Å². The Morgan fingerprint density at radius 3 is 2.74 bits per heavy atom. The summed E-state index contributed by atoms with van der Waals surface area (Å²) >= 11 is 0. The molecule has 132 valence electrons. The summed E-state index contributed by atoms with van der Waals surface area (Å²) in [7, 11) is 0. The zero-order chi connectivity index (χ0) is 15.9. The first-order valence-corrected chi connectivity index (χ1v) is 8.59. The molecule has 2 aliphatic heterocycles. The molecule has 2 aliphatic rings. The van der Waals surface area contributed by atoms with Gasteiger partial charge in [0.25, 0.3) is 0 Å². The molecule has 0 aromatic rings. The number of piperidine rings is 1. The summed E-state index contributed by atoms with van der Waals surface area (Å²) in [4.78, 5) is 26.3. The largest absolute Gasteiger partial charge is 0.354 e. The molecular formula is C17H30ClN3O2. The lowest BCUT2D eigenvalue weighted by Gasteiger charge is -2.33. The Kier molecular flexibility index (Phi) is 8.63. The molecule has 0 spiro atoms. The third-order valence-electron chi connectivity index (χ3n) is 4.60. The van der Waals surface area contributed by atoms with Gasteiger partial charge in [-0.05, 0) is 51.5 Å². The number of hydrogen-bond acceptors (Lipinski definition) is 3. The predicted molar refractivity (Wildman–Crippen MR) is 94.6 cm³/mol. The Labute approximate surface area is 145 Å². The van der Waals surface area contributed by atoms with Crippen LogP contribution in [-0.2, 0) is 9.59 Å². The summed E-state index contributed by atoms with van der Waals surface area (Å²) in [5.41, 5.74) is 0.836. The zero-order valence-corrected chi connectivity index (χ0v) is 15.1. The molecule has 2 rings (SSSR count). The van der Waals surface area contributed by atoms with Gasteiger partial charge in [0.05, 0.1) is 6.04 Å². The molecule has 0 aromatic heterocycles. The topological polar surface area (TPSA) is 61.4 Å². The third kappa shape index (κ3) is 5.81. The lowest BCUT2D eigenvalue weighted by molar-refractivity contribution is -0.128. The van der Waals surface area contributed by atoms with Gasteiger partial charge in [-0.25, -0.2) is 0 Å². The van der Waals surface area contributed by atoms with Crippen LogP contribution in [0.1, 0.15) is 46.0 Å². The maximum Gasteiger partial charge on any atom is 0.249 e. The second kappa shape index (κ2) is 9.93. The van der Waals surface area contributed by atoms with E-state index in [0.29, 0.717) is 12.5 Å². The maximum absolute atomic E-state index is 12.3. The molecule has 2 N–H and O–H groups in total. The second-order valence-corrected chi connectivity index (χ2v) is 6.45. The van der Waals surface area contributed by atoms with Gasteiger partial charge < -0.3 is 15.5 Å². The summed E-state index contributed by atoms with van der Waals surface area (Å²) in [6.07, 6.45) is 6.99. The molecule has 2 heterocycles. The predicted octanol–water partition coefficient (Wildman–Crippen LogP) is 1.87. The first-order valence-electron chi connectivity index (χ1n) is 8.59. The van der Waals surface area contributed by atoms with Crippen LogP contribution in [0.25, 0.3) is 0 Å². The van der Waals surface area contributed by atoms with E-state index in [1.807, 2.05) is 24.8 Å². The standard InChI is InChI=1S/C17H29N3O2.ClH/c1-3-6-13(2)17(22)20-10-5-7-14(12-20)11-19-16(21)15-8-4-9-18-15;/h6,14-15,18H,3-5,7-12H2,1-2H3,(H,19,21);1H/b13-6+;. The molecule has 2 saturated heterocycles. The molecule has 0 radical (unpaired) electrons. The van der Waals surface area contributed by atoms with Gasteiger partial charge >= 0.3 is 0 Å². The van der Waals surface area contributed by atoms with Crippen molar-refractivity contribution in [1.29, 1.82) is 0 Å². The summed E-state index contributed by atoms with van der Waals surface area (Å²) in [5, 5.41) is 6.27. The second-order valence-electron chi connectivity index (χ2n) is 6.45. The molecule has 23 heavy (non-hydrogen) atoms. The van der Waals surface area contributed by atoms with Crippen LogP contribution in [0.4, 0.5) is 0 Å². The molecule has 0 aromatic carbocycles. The zero-order valence-electron chi connectivity index (χ0n) is 14.3. The quantitative estimate of drug-likeness (QED) is 0.749. The Hall–Kier alpha value is -1.07. The lowest BCUT2D eigenvalue weighted by Crippen LogP contribution is -2.46. The van der Waals surface area contributed by atoms with E-state index in [9.17, 15) is 9.59 Å². The van der Waals surface area contributed by atoms with Crippen LogP contribution in [0.3, 0.4) is 0 Å². The molecule has 2 unspecified atom stereocenters. The number of carbonyl (C=O) groups is 2. The molecule has 5 nitrogen and oxygen atoms in total. The van der Waals surface area contributed by atoms with E-state index in [0.717, 1.165) is 57.3 Å². The van der Waals surface area contributed by atoms with E-state index < -0.39 is 0 Å². The Morgan fingerprint density at radius 1 is 1.30 bits per heavy atom. The number of nitrogens with zero attached hydrogens (tertiary/aromatic N) is 1. The van der Waals surface area contributed by atoms with Gasteiger partial charge in [-0.15, -0.1) is 12.4 Å². The molecule has 2 atom stereocenters. The monoisotopic (exact) mass is 343 g/mol. The van der Waals surface area contributed by atoms with Crippen molar-refractivity contribution < 1.29 is 9.59 Å². The Morgan fingerprint density at radius 2 is 2.09 bits per heavy atom. The summed E-state index contributed by atoms with van der Waals surface area (Å²) in [6.45, 7) is 7.14. The fourth-order valence-corrected chi connectivity index (χ4v) is 3.34. The van der Waals surface area contributed by atoms with Crippen LogP contribution >= 0.6 is 12.4 Å². The van der Waals surface area contributed by atoms with E-state index in [1.54, 1.807) is 0 Å². The average molecular weight is 344 g/mol. The van der Waals surface area contributed by atoms with Crippen molar-refractivity contribution >= 4 is 24.2 Å². The van der Waals surface area contributed by atoms with Crippen LogP contribution in [0.15, 0.2) is 11.6 Å². The van der Waals surface area contributed by atoms with Crippen molar-refractivity contribution in [1.82, 2.24) is 15.5 Å². The smallest absolute Gasteiger partial charge is 0.249 e. The van der Waals surface area contributed by atoms with Gasteiger partial charge in [0.1, 0.15) is 0 Å². The van der Waals surface area contributed by atoms with Crippen LogP contribution in [0.2, 0.25) is 0 Å². The van der Waals surface area contributed by atoms with Gasteiger partial charge in [0, 0.05) is 25.2 Å². The van der Waals surface area contributed by atoms with Gasteiger partial charge in [0.15, 0.2) is 0 Å². The SMILES string of the molecule is CC/C=C(\C)C(=O)N1CCCC(CNC(=O)C2CCCN2)C1.Cl. The van der Waals surface area contributed by atoms with Crippen molar-refractivity contribution in [3.63, 3.8) is 0 Å². The Balaban J connectivity index is 0.00000264. The average Bonchev–Trinajstić information content (AvgIpc) is 3.07. The number of allylic oxidation sites excluding steroid dienone is 1. The van der Waals surface area contributed by atoms with Crippen LogP contribution < -0.4 is 10.6 Å². The van der Waals surface area contributed by atoms with Gasteiger partial charge in [0.2, 0.25) is 11.8 Å². The highest BCUT2D eigenvalue weighted by Gasteiger charge is 2.26. The highest BCUT2D eigenvalue weighted by Crippen LogP contribution is 2.18. The highest BCUT2D eigenvalue weighted by molar-refractivity contribution is 5.92. The summed E-state index contributed by atoms with van der Waals surface area (Å²) in [5.74, 6) is 0.635. The van der Waals surface area contributed by atoms with Gasteiger partial charge in [-0.1, -0.05) is 13.0 Å². The van der Waals surface area contributed by atoms with E-state index in [4.69, 9.17) is 0 Å². The summed E-state index contributed by atoms with van der Waals surface area (Å²) in [6, 6.07) is -0.0175. The van der Waals surface area contributed by atoms with E-state index in [-0.39, 0.29) is 30.3 Å². The minimum Gasteiger partial charge on any atom is -0.354 e. The fourth-order valence-electron chi connectivity index (χ4n) is 3.34. The van der Waals surface area contributed by atoms with Crippen LogP contribution in [-0.4, -0.2) is 48.9 Å². The number of rotatable bonds is 5. The molecular weight excluding hydrogens is 314 g/mol. The molecule has 6 heteroatoms. The third-order valence-corrected chi connectivity index (χ3v) is 4.60. The number of likely N-dealkylation sites (tertiary alicyclic amines) is 1. The minimum absolute atomic E-state index is 0. The minimum atomic E-state index is -0.0175. The number of nitrogens with one attached hydrogen (secondary N) is 2. The molecule has 0 aliphatic carbocycles. The van der Waals surface area contributed by atoms with Crippen molar-refractivity contribution in [2.24, 2.45) is 5.92 Å². The fraction of sp³-hybridized carbons (Fsp3) is 0.765. The van der Waals surface area contributed by atoms with Crippen LogP contribution in [0.5, 0.6) is 0 Å². The van der Waals surface area contributed by atoms with Crippen molar-refractivity contribution in [3.05, 3.63) is 11.6 Å². The van der Waals surface area contributed by atoms with E-state index in [2.05, 4.69) is 10.6 Å². The molecule has 0 bridgehead atoms. The number of carbonyl (C=O) groups excluding carboxylic acids is 2. The van der Waals surface area contributed by atoms with Gasteiger partial charge in [-0.3, -0.25) is 9.59 Å². The van der Waals surface area contributed by atoms with Crippen LogP contribution in [0, 0.1) is 5.92 Å². The van der Waals surface area contributed by atoms with Crippen molar-refractivity contribution in [2.45, 2.75) is 52.0 Å². The number of amides is 2. The summed E-state index contributed by atoms with van der Waals surface area (Å²) < 4.78 is 0. The number of halogens is 1. The molecule has 0 saturated carbocycles. The molecule has 2 fully saturated rings. The van der Waals surface area contributed by atoms with Crippen molar-refractivity contribution in [2.75, 3.05) is 26.2 Å². The molecule has 2 amide bonds.